The molecule has 0 atom stereocenters. The summed E-state index contributed by atoms with van der Waals surface area (Å²) in [5, 5.41) is 8.34. The highest BCUT2D eigenvalue weighted by atomic mass is 31.2. The van der Waals surface area contributed by atoms with Crippen LogP contribution in [0.1, 0.15) is 45.1 Å². The molecule has 12 heteroatoms. The third-order valence-corrected chi connectivity index (χ3v) is 6.11. The van der Waals surface area contributed by atoms with E-state index in [0.717, 1.165) is 31.7 Å². The Morgan fingerprint density at radius 2 is 1.48 bits per heavy atom. The van der Waals surface area contributed by atoms with Gasteiger partial charge >= 0.3 is 8.60 Å². The Balaban J connectivity index is 2.02. The molecule has 2 aromatic heterocycles. The number of unbranched alkanes of at least 4 members (excludes halogenated alkanes) is 2. The molecule has 0 unspecified atom stereocenters. The van der Waals surface area contributed by atoms with Gasteiger partial charge in [-0.1, -0.05) is 32.8 Å². The molecule has 9 nitrogen and oxygen atoms in total. The number of nitrogens with zero attached hydrogens (tertiary/aromatic N) is 6. The Labute approximate surface area is 193 Å². The summed E-state index contributed by atoms with van der Waals surface area (Å²) in [7, 11) is -1.86. The van der Waals surface area contributed by atoms with E-state index >= 15 is 4.39 Å². The van der Waals surface area contributed by atoms with E-state index < -0.39 is 25.8 Å². The Bertz CT molecular complexity index is 899. The molecule has 0 bridgehead atoms. The SMILES string of the molecule is CCCCOP(OCCCC)OC(Cn1cncn1)(Cn1cncn1)c1ccc(F)cc1F. The third kappa shape index (κ3) is 7.33. The number of halogens is 2. The van der Waals surface area contributed by atoms with Crippen molar-refractivity contribution in [1.29, 1.82) is 0 Å². The van der Waals surface area contributed by atoms with E-state index in [4.69, 9.17) is 13.6 Å². The number of hydrogen-bond acceptors (Lipinski definition) is 7. The van der Waals surface area contributed by atoms with Crippen molar-refractivity contribution in [3.8, 4) is 0 Å². The minimum atomic E-state index is -1.86. The van der Waals surface area contributed by atoms with Gasteiger partial charge in [0, 0.05) is 11.6 Å². The topological polar surface area (TPSA) is 89.1 Å². The monoisotopic (exact) mass is 482 g/mol. The molecule has 3 aromatic rings. The van der Waals surface area contributed by atoms with Crippen LogP contribution in [0.2, 0.25) is 0 Å². The van der Waals surface area contributed by atoms with E-state index in [1.165, 1.54) is 46.8 Å². The second-order valence-electron chi connectivity index (χ2n) is 7.49. The molecule has 0 saturated carbocycles. The summed E-state index contributed by atoms with van der Waals surface area (Å²) in [6, 6.07) is 3.38. The van der Waals surface area contributed by atoms with Crippen LogP contribution in [0.15, 0.2) is 43.5 Å². The highest BCUT2D eigenvalue weighted by Crippen LogP contribution is 2.49. The first-order valence-electron chi connectivity index (χ1n) is 10.9. The molecule has 0 saturated heterocycles. The van der Waals surface area contributed by atoms with Crippen molar-refractivity contribution in [3.05, 3.63) is 60.7 Å². The van der Waals surface area contributed by atoms with Gasteiger partial charge in [0.1, 0.15) is 42.5 Å². The molecule has 0 aliphatic carbocycles. The maximum absolute atomic E-state index is 15.2. The predicted molar refractivity (Wildman–Crippen MR) is 118 cm³/mol. The standard InChI is InChI=1S/C21H29F2N6O3P/c1-3-5-9-30-33(31-10-6-4-2)32-21(12-28-16-24-14-26-28,13-29-17-25-15-27-29)19-8-7-18(22)11-20(19)23/h7-8,11,14-17H,3-6,9-10,12-13H2,1-2H3. The van der Waals surface area contributed by atoms with Gasteiger partial charge in [-0.3, -0.25) is 4.52 Å². The van der Waals surface area contributed by atoms with Crippen molar-refractivity contribution in [2.24, 2.45) is 0 Å². The van der Waals surface area contributed by atoms with E-state index in [9.17, 15) is 4.39 Å². The summed E-state index contributed by atoms with van der Waals surface area (Å²) in [6.45, 7) is 5.09. The van der Waals surface area contributed by atoms with Crippen molar-refractivity contribution >= 4 is 8.60 Å². The lowest BCUT2D eigenvalue weighted by Crippen LogP contribution is -2.39. The summed E-state index contributed by atoms with van der Waals surface area (Å²) in [4.78, 5) is 7.97. The van der Waals surface area contributed by atoms with Crippen LogP contribution in [-0.4, -0.2) is 42.7 Å². The number of hydrogen-bond donors (Lipinski definition) is 0. The van der Waals surface area contributed by atoms with Crippen LogP contribution in [0.3, 0.4) is 0 Å². The fourth-order valence-corrected chi connectivity index (χ4v) is 4.37. The zero-order valence-corrected chi connectivity index (χ0v) is 19.7. The first kappa shape index (κ1) is 25.3. The lowest BCUT2D eigenvalue weighted by Gasteiger charge is -2.36. The van der Waals surface area contributed by atoms with Crippen LogP contribution in [0, 0.1) is 11.6 Å². The zero-order chi connectivity index (χ0) is 23.5. The van der Waals surface area contributed by atoms with Gasteiger partial charge in [-0.05, 0) is 18.9 Å². The van der Waals surface area contributed by atoms with Gasteiger partial charge in [-0.2, -0.15) is 10.2 Å². The highest BCUT2D eigenvalue weighted by Gasteiger charge is 2.42. The number of rotatable bonds is 15. The molecule has 2 heterocycles. The van der Waals surface area contributed by atoms with E-state index in [0.29, 0.717) is 13.2 Å². The van der Waals surface area contributed by atoms with Crippen LogP contribution in [0.4, 0.5) is 8.78 Å². The Kier molecular flexibility index (Phi) is 9.80. The quantitative estimate of drug-likeness (QED) is 0.231. The molecule has 0 N–H and O–H groups in total. The second kappa shape index (κ2) is 12.8. The molecule has 180 valence electrons. The fraction of sp³-hybridized carbons (Fsp3) is 0.524. The van der Waals surface area contributed by atoms with Crippen molar-refractivity contribution in [3.63, 3.8) is 0 Å². The van der Waals surface area contributed by atoms with Crippen LogP contribution < -0.4 is 0 Å². The van der Waals surface area contributed by atoms with Crippen molar-refractivity contribution in [2.75, 3.05) is 13.2 Å². The fourth-order valence-electron chi connectivity index (χ4n) is 3.14. The van der Waals surface area contributed by atoms with Crippen LogP contribution in [0.25, 0.3) is 0 Å². The lowest BCUT2D eigenvalue weighted by molar-refractivity contribution is -0.00709. The summed E-state index contributed by atoms with van der Waals surface area (Å²) in [5.74, 6) is -1.44. The maximum Gasteiger partial charge on any atom is 0.333 e. The largest absolute Gasteiger partial charge is 0.333 e. The average molecular weight is 482 g/mol. The zero-order valence-electron chi connectivity index (χ0n) is 18.8. The minimum Gasteiger partial charge on any atom is -0.312 e. The average Bonchev–Trinajstić information content (AvgIpc) is 3.48. The molecule has 0 spiro atoms. The maximum atomic E-state index is 15.2. The summed E-state index contributed by atoms with van der Waals surface area (Å²) >= 11 is 0. The van der Waals surface area contributed by atoms with Gasteiger partial charge in [0.15, 0.2) is 0 Å². The molecule has 0 aliphatic heterocycles. The molecule has 0 fully saturated rings. The molecule has 0 radical (unpaired) electrons. The molecule has 1 aromatic carbocycles. The Hall–Kier alpha value is -2.33. The first-order chi connectivity index (χ1) is 16.1. The number of aromatic nitrogens is 6. The molecule has 0 amide bonds. The molecule has 0 aliphatic rings. The van der Waals surface area contributed by atoms with Crippen molar-refractivity contribution in [1.82, 2.24) is 29.5 Å². The van der Waals surface area contributed by atoms with Crippen LogP contribution in [-0.2, 0) is 32.3 Å². The highest BCUT2D eigenvalue weighted by molar-refractivity contribution is 7.41. The van der Waals surface area contributed by atoms with Crippen LogP contribution in [0.5, 0.6) is 0 Å². The Morgan fingerprint density at radius 1 is 0.909 bits per heavy atom. The normalized spacial score (nSPS) is 12.0. The van der Waals surface area contributed by atoms with E-state index in [1.54, 1.807) is 0 Å². The van der Waals surface area contributed by atoms with Gasteiger partial charge in [-0.15, -0.1) is 0 Å². The van der Waals surface area contributed by atoms with E-state index in [1.807, 2.05) is 0 Å². The van der Waals surface area contributed by atoms with E-state index in [2.05, 4.69) is 34.0 Å². The molecular weight excluding hydrogens is 453 g/mol. The van der Waals surface area contributed by atoms with Gasteiger partial charge in [0.2, 0.25) is 0 Å². The predicted octanol–water partition coefficient (Wildman–Crippen LogP) is 4.62. The molecule has 33 heavy (non-hydrogen) atoms. The second-order valence-corrected chi connectivity index (χ2v) is 8.64. The molecular formula is C21H29F2N6O3P. The summed E-state index contributed by atoms with van der Waals surface area (Å²) in [6.07, 6.45) is 9.27. The summed E-state index contributed by atoms with van der Waals surface area (Å²) < 4.78 is 50.4. The smallest absolute Gasteiger partial charge is 0.312 e. The van der Waals surface area contributed by atoms with Gasteiger partial charge in [-0.25, -0.2) is 28.1 Å². The van der Waals surface area contributed by atoms with E-state index in [-0.39, 0.29) is 18.7 Å². The van der Waals surface area contributed by atoms with Gasteiger partial charge in [0.05, 0.1) is 26.3 Å². The van der Waals surface area contributed by atoms with Gasteiger partial charge < -0.3 is 9.05 Å². The number of benzene rings is 1. The first-order valence-corrected chi connectivity index (χ1v) is 12.0. The molecule has 3 rings (SSSR count). The van der Waals surface area contributed by atoms with Crippen molar-refractivity contribution < 1.29 is 22.4 Å². The third-order valence-electron chi connectivity index (χ3n) is 4.83. The Morgan fingerprint density at radius 3 is 1.94 bits per heavy atom. The van der Waals surface area contributed by atoms with Crippen molar-refractivity contribution in [2.45, 2.75) is 58.2 Å². The minimum absolute atomic E-state index is 0.0581. The summed E-state index contributed by atoms with van der Waals surface area (Å²) in [5.41, 5.74) is -1.27. The van der Waals surface area contributed by atoms with Gasteiger partial charge in [0.25, 0.3) is 0 Å². The lowest BCUT2D eigenvalue weighted by atomic mass is 9.93. The van der Waals surface area contributed by atoms with Crippen LogP contribution >= 0.6 is 8.60 Å².